The number of carbonyl (C=O) groups excluding carboxylic acids is 1. The molecule has 1 fully saturated rings. The number of aromatic nitrogens is 3. The van der Waals surface area contributed by atoms with Gasteiger partial charge in [-0.05, 0) is 37.6 Å². The lowest BCUT2D eigenvalue weighted by Crippen LogP contribution is -2.41. The van der Waals surface area contributed by atoms with Crippen molar-refractivity contribution in [3.05, 3.63) is 47.0 Å². The van der Waals surface area contributed by atoms with E-state index in [1.165, 1.54) is 19.3 Å². The third kappa shape index (κ3) is 3.64. The van der Waals surface area contributed by atoms with E-state index in [4.69, 9.17) is 4.74 Å². The molecule has 26 heavy (non-hydrogen) atoms. The van der Waals surface area contributed by atoms with Gasteiger partial charge in [0.25, 0.3) is 5.91 Å². The number of nitrogens with zero attached hydrogens (tertiary/aromatic N) is 3. The molecule has 7 nitrogen and oxygen atoms in total. The van der Waals surface area contributed by atoms with Gasteiger partial charge in [0.1, 0.15) is 0 Å². The summed E-state index contributed by atoms with van der Waals surface area (Å²) < 4.78 is 5.48. The molecule has 4 heterocycles. The highest BCUT2D eigenvalue weighted by Crippen LogP contribution is 2.24. The summed E-state index contributed by atoms with van der Waals surface area (Å²) in [6.07, 6.45) is 8.15. The summed E-state index contributed by atoms with van der Waals surface area (Å²) in [4.78, 5) is 19.4. The zero-order valence-corrected chi connectivity index (χ0v) is 14.9. The number of ether oxygens (including phenoxy) is 1. The monoisotopic (exact) mass is 355 g/mol. The van der Waals surface area contributed by atoms with Crippen molar-refractivity contribution in [3.8, 4) is 0 Å². The average molecular weight is 355 g/mol. The van der Waals surface area contributed by atoms with Gasteiger partial charge in [0.15, 0.2) is 5.69 Å². The summed E-state index contributed by atoms with van der Waals surface area (Å²) in [7, 11) is 0. The van der Waals surface area contributed by atoms with Crippen LogP contribution in [0.25, 0.3) is 0 Å². The average Bonchev–Trinajstić information content (AvgIpc) is 3.14. The molecule has 0 aliphatic carbocycles. The lowest BCUT2D eigenvalue weighted by Gasteiger charge is -2.34. The van der Waals surface area contributed by atoms with Crippen molar-refractivity contribution in [2.45, 2.75) is 38.3 Å². The number of rotatable bonds is 5. The molecule has 2 N–H and O–H groups in total. The van der Waals surface area contributed by atoms with E-state index >= 15 is 0 Å². The van der Waals surface area contributed by atoms with E-state index in [1.807, 2.05) is 12.3 Å². The van der Waals surface area contributed by atoms with Gasteiger partial charge in [0.05, 0.1) is 19.3 Å². The van der Waals surface area contributed by atoms with Gasteiger partial charge in [0.2, 0.25) is 0 Å². The van der Waals surface area contributed by atoms with Gasteiger partial charge >= 0.3 is 0 Å². The standard InChI is InChI=1S/C19H25N5O2/c25-19(18-15-13-26-10-6-16(15)22-23-18)21-12-17(14-5-4-7-20-11-14)24-8-2-1-3-9-24/h4-5,7,11,17H,1-3,6,8-10,12-13H2,(H,21,25)(H,22,23)/t17-/m1/s1. The SMILES string of the molecule is O=C(NC[C@H](c1cccnc1)N1CCCCC1)c1n[nH]c2c1COCC2. The molecule has 1 atom stereocenters. The highest BCUT2D eigenvalue weighted by atomic mass is 16.5. The Labute approximate surface area is 153 Å². The van der Waals surface area contributed by atoms with Crippen LogP contribution >= 0.6 is 0 Å². The van der Waals surface area contributed by atoms with Gasteiger partial charge in [-0.25, -0.2) is 0 Å². The fraction of sp³-hybridized carbons (Fsp3) is 0.526. The molecule has 0 radical (unpaired) electrons. The fourth-order valence-electron chi connectivity index (χ4n) is 3.83. The summed E-state index contributed by atoms with van der Waals surface area (Å²) in [5, 5.41) is 10.3. The summed E-state index contributed by atoms with van der Waals surface area (Å²) in [6.45, 7) is 3.79. The number of fused-ring (bicyclic) bond motifs is 1. The number of hydrogen-bond acceptors (Lipinski definition) is 5. The van der Waals surface area contributed by atoms with Crippen LogP contribution in [0.1, 0.15) is 52.6 Å². The molecule has 4 rings (SSSR count). The van der Waals surface area contributed by atoms with Gasteiger partial charge < -0.3 is 10.1 Å². The predicted octanol–water partition coefficient (Wildman–Crippen LogP) is 1.83. The Morgan fingerprint density at radius 1 is 1.35 bits per heavy atom. The first kappa shape index (κ1) is 17.2. The third-order valence-corrected chi connectivity index (χ3v) is 5.27. The molecule has 0 unspecified atom stereocenters. The van der Waals surface area contributed by atoms with Crippen molar-refractivity contribution < 1.29 is 9.53 Å². The van der Waals surface area contributed by atoms with Crippen molar-refractivity contribution >= 4 is 5.91 Å². The molecule has 0 saturated carbocycles. The molecule has 1 saturated heterocycles. The lowest BCUT2D eigenvalue weighted by molar-refractivity contribution is 0.0899. The first-order chi connectivity index (χ1) is 12.8. The molecular weight excluding hydrogens is 330 g/mol. The number of hydrogen-bond donors (Lipinski definition) is 2. The van der Waals surface area contributed by atoms with E-state index in [0.717, 1.165) is 36.3 Å². The van der Waals surface area contributed by atoms with Gasteiger partial charge in [-0.2, -0.15) is 5.10 Å². The fourth-order valence-corrected chi connectivity index (χ4v) is 3.83. The van der Waals surface area contributed by atoms with E-state index in [1.54, 1.807) is 6.20 Å². The number of H-pyrrole nitrogens is 1. The van der Waals surface area contributed by atoms with Crippen molar-refractivity contribution in [1.29, 1.82) is 0 Å². The molecule has 0 aromatic carbocycles. The molecule has 2 aromatic rings. The third-order valence-electron chi connectivity index (χ3n) is 5.27. The van der Waals surface area contributed by atoms with Crippen molar-refractivity contribution in [3.63, 3.8) is 0 Å². The maximum absolute atomic E-state index is 12.7. The smallest absolute Gasteiger partial charge is 0.272 e. The Kier molecular flexibility index (Phi) is 5.26. The molecular formula is C19H25N5O2. The van der Waals surface area contributed by atoms with Crippen LogP contribution in [-0.4, -0.2) is 52.2 Å². The summed E-state index contributed by atoms with van der Waals surface area (Å²) in [6, 6.07) is 4.18. The molecule has 2 aromatic heterocycles. The van der Waals surface area contributed by atoms with Gasteiger partial charge in [0, 0.05) is 36.6 Å². The van der Waals surface area contributed by atoms with E-state index < -0.39 is 0 Å². The second-order valence-electron chi connectivity index (χ2n) is 6.94. The van der Waals surface area contributed by atoms with Crippen LogP contribution in [-0.2, 0) is 17.8 Å². The highest BCUT2D eigenvalue weighted by Gasteiger charge is 2.26. The molecule has 1 amide bonds. The van der Waals surface area contributed by atoms with Crippen LogP contribution in [0, 0.1) is 0 Å². The minimum absolute atomic E-state index is 0.138. The van der Waals surface area contributed by atoms with Crippen LogP contribution in [0.4, 0.5) is 0 Å². The van der Waals surface area contributed by atoms with Gasteiger partial charge in [-0.15, -0.1) is 0 Å². The second-order valence-corrected chi connectivity index (χ2v) is 6.94. The maximum Gasteiger partial charge on any atom is 0.272 e. The molecule has 138 valence electrons. The van der Waals surface area contributed by atoms with E-state index in [2.05, 4.69) is 31.5 Å². The quantitative estimate of drug-likeness (QED) is 0.855. The minimum Gasteiger partial charge on any atom is -0.376 e. The summed E-state index contributed by atoms with van der Waals surface area (Å²) in [5.74, 6) is -0.140. The van der Waals surface area contributed by atoms with Gasteiger partial charge in [-0.3, -0.25) is 19.8 Å². The van der Waals surface area contributed by atoms with E-state index in [9.17, 15) is 4.79 Å². The molecule has 2 aliphatic heterocycles. The Balaban J connectivity index is 1.47. The predicted molar refractivity (Wildman–Crippen MR) is 96.7 cm³/mol. The highest BCUT2D eigenvalue weighted by molar-refractivity contribution is 5.94. The van der Waals surface area contributed by atoms with E-state index in [-0.39, 0.29) is 11.9 Å². The molecule has 7 heteroatoms. The largest absolute Gasteiger partial charge is 0.376 e. The Morgan fingerprint density at radius 3 is 3.04 bits per heavy atom. The van der Waals surface area contributed by atoms with Crippen LogP contribution in [0.2, 0.25) is 0 Å². The first-order valence-corrected chi connectivity index (χ1v) is 9.39. The van der Waals surface area contributed by atoms with Crippen molar-refractivity contribution in [1.82, 2.24) is 25.4 Å². The van der Waals surface area contributed by atoms with Crippen LogP contribution in [0.15, 0.2) is 24.5 Å². The van der Waals surface area contributed by atoms with E-state index in [0.29, 0.717) is 25.5 Å². The minimum atomic E-state index is -0.140. The van der Waals surface area contributed by atoms with Crippen molar-refractivity contribution in [2.24, 2.45) is 0 Å². The Hall–Kier alpha value is -2.25. The Morgan fingerprint density at radius 2 is 2.23 bits per heavy atom. The summed E-state index contributed by atoms with van der Waals surface area (Å²) in [5.41, 5.74) is 3.51. The zero-order chi connectivity index (χ0) is 17.8. The van der Waals surface area contributed by atoms with Gasteiger partial charge in [-0.1, -0.05) is 12.5 Å². The number of piperidine rings is 1. The second kappa shape index (κ2) is 7.97. The van der Waals surface area contributed by atoms with Crippen LogP contribution in [0.3, 0.4) is 0 Å². The summed E-state index contributed by atoms with van der Waals surface area (Å²) >= 11 is 0. The molecule has 0 bridgehead atoms. The maximum atomic E-state index is 12.7. The Bertz CT molecular complexity index is 740. The number of aromatic amines is 1. The zero-order valence-electron chi connectivity index (χ0n) is 14.9. The van der Waals surface area contributed by atoms with Crippen LogP contribution in [0.5, 0.6) is 0 Å². The number of pyridine rings is 1. The van der Waals surface area contributed by atoms with Crippen LogP contribution < -0.4 is 5.32 Å². The number of amides is 1. The normalized spacial score (nSPS) is 18.9. The molecule has 2 aliphatic rings. The van der Waals surface area contributed by atoms with Crippen molar-refractivity contribution in [2.75, 3.05) is 26.2 Å². The number of carbonyl (C=O) groups is 1. The number of likely N-dealkylation sites (tertiary alicyclic amines) is 1. The lowest BCUT2D eigenvalue weighted by atomic mass is 10.0. The topological polar surface area (TPSA) is 83.1 Å². The molecule has 0 spiro atoms. The number of nitrogens with one attached hydrogen (secondary N) is 2. The first-order valence-electron chi connectivity index (χ1n) is 9.39.